The number of aromatic nitrogens is 3. The molecule has 3 rings (SSSR count). The molecule has 0 saturated heterocycles. The first-order valence-corrected chi connectivity index (χ1v) is 8.93. The maximum Gasteiger partial charge on any atom is 0.273 e. The van der Waals surface area contributed by atoms with Gasteiger partial charge in [0.25, 0.3) is 5.91 Å². The van der Waals surface area contributed by atoms with Crippen LogP contribution in [-0.2, 0) is 13.0 Å². The highest BCUT2D eigenvalue weighted by Crippen LogP contribution is 2.12. The molecule has 6 nitrogen and oxygen atoms in total. The lowest BCUT2D eigenvalue weighted by molar-refractivity contribution is 0.0935. The molecular formula is C18H20N4O2S. The summed E-state index contributed by atoms with van der Waals surface area (Å²) in [5.41, 5.74) is 2.61. The molecule has 25 heavy (non-hydrogen) atoms. The Balaban J connectivity index is 1.57. The third kappa shape index (κ3) is 4.67. The van der Waals surface area contributed by atoms with Gasteiger partial charge in [-0.3, -0.25) is 4.79 Å². The van der Waals surface area contributed by atoms with E-state index < -0.39 is 0 Å². The fraction of sp³-hybridized carbons (Fsp3) is 0.278. The van der Waals surface area contributed by atoms with Crippen molar-refractivity contribution < 1.29 is 9.53 Å². The van der Waals surface area contributed by atoms with Crippen molar-refractivity contribution in [3.63, 3.8) is 0 Å². The van der Waals surface area contributed by atoms with Crippen LogP contribution in [0.15, 0.2) is 47.3 Å². The van der Waals surface area contributed by atoms with Crippen molar-refractivity contribution in [2.75, 3.05) is 7.11 Å². The number of hydrogen-bond acceptors (Lipinski definition) is 5. The van der Waals surface area contributed by atoms with Crippen molar-refractivity contribution in [3.05, 3.63) is 64.1 Å². The summed E-state index contributed by atoms with van der Waals surface area (Å²) >= 11 is 1.66. The summed E-state index contributed by atoms with van der Waals surface area (Å²) in [6.07, 6.45) is 2.46. The minimum Gasteiger partial charge on any atom is -0.497 e. The van der Waals surface area contributed by atoms with Crippen LogP contribution in [0.5, 0.6) is 5.75 Å². The van der Waals surface area contributed by atoms with Gasteiger partial charge in [0.2, 0.25) is 0 Å². The normalized spacial score (nSPS) is 11.9. The topological polar surface area (TPSA) is 69.0 Å². The summed E-state index contributed by atoms with van der Waals surface area (Å²) in [6.45, 7) is 2.53. The molecule has 130 valence electrons. The van der Waals surface area contributed by atoms with Crippen LogP contribution in [0, 0.1) is 0 Å². The molecule has 1 amide bonds. The van der Waals surface area contributed by atoms with Crippen LogP contribution in [-0.4, -0.2) is 34.1 Å². The molecule has 7 heteroatoms. The van der Waals surface area contributed by atoms with Crippen molar-refractivity contribution in [2.24, 2.45) is 0 Å². The van der Waals surface area contributed by atoms with Crippen LogP contribution in [0.3, 0.4) is 0 Å². The maximum atomic E-state index is 12.3. The Kier molecular flexibility index (Phi) is 5.45. The summed E-state index contributed by atoms with van der Waals surface area (Å²) in [5.74, 6) is 0.603. The number of nitrogens with one attached hydrogen (secondary N) is 1. The van der Waals surface area contributed by atoms with Crippen molar-refractivity contribution >= 4 is 17.2 Å². The van der Waals surface area contributed by atoms with Gasteiger partial charge >= 0.3 is 0 Å². The number of ether oxygens (including phenoxy) is 1. The number of rotatable bonds is 7. The number of hydrogen-bond donors (Lipinski definition) is 1. The van der Waals surface area contributed by atoms with Gasteiger partial charge in [-0.1, -0.05) is 17.3 Å². The van der Waals surface area contributed by atoms with Crippen LogP contribution in [0.4, 0.5) is 0 Å². The Morgan fingerprint density at radius 2 is 2.08 bits per heavy atom. The van der Waals surface area contributed by atoms with Crippen molar-refractivity contribution in [1.29, 1.82) is 0 Å². The molecule has 1 aromatic carbocycles. The Morgan fingerprint density at radius 1 is 1.28 bits per heavy atom. The minimum atomic E-state index is -0.205. The van der Waals surface area contributed by atoms with Crippen molar-refractivity contribution in [3.8, 4) is 5.75 Å². The predicted molar refractivity (Wildman–Crippen MR) is 97.1 cm³/mol. The van der Waals surface area contributed by atoms with Gasteiger partial charge in [-0.05, 0) is 53.4 Å². The molecule has 0 aliphatic rings. The molecule has 2 aromatic heterocycles. The summed E-state index contributed by atoms with van der Waals surface area (Å²) in [5, 5.41) is 15.1. The van der Waals surface area contributed by atoms with Crippen molar-refractivity contribution in [1.82, 2.24) is 20.3 Å². The molecule has 0 radical (unpaired) electrons. The second-order valence-electron chi connectivity index (χ2n) is 5.86. The van der Waals surface area contributed by atoms with Crippen LogP contribution >= 0.6 is 11.3 Å². The van der Waals surface area contributed by atoms with E-state index in [0.717, 1.165) is 17.7 Å². The summed E-state index contributed by atoms with van der Waals surface area (Å²) < 4.78 is 6.80. The zero-order valence-electron chi connectivity index (χ0n) is 14.2. The maximum absolute atomic E-state index is 12.3. The molecule has 0 aliphatic carbocycles. The lowest BCUT2D eigenvalue weighted by Gasteiger charge is -2.11. The molecule has 0 aliphatic heterocycles. The van der Waals surface area contributed by atoms with Gasteiger partial charge in [-0.2, -0.15) is 11.3 Å². The molecule has 0 saturated carbocycles. The molecule has 0 spiro atoms. The van der Waals surface area contributed by atoms with E-state index in [9.17, 15) is 4.79 Å². The van der Waals surface area contributed by atoms with Crippen LogP contribution in [0.2, 0.25) is 0 Å². The SMILES string of the molecule is COc1ccc(Cn2cc(C(=O)N[C@H](C)Cc3ccsc3)nn2)cc1. The number of benzene rings is 1. The van der Waals surface area contributed by atoms with E-state index >= 15 is 0 Å². The summed E-state index contributed by atoms with van der Waals surface area (Å²) in [4.78, 5) is 12.3. The van der Waals surface area contributed by atoms with E-state index in [2.05, 4.69) is 27.1 Å². The Morgan fingerprint density at radius 3 is 2.76 bits per heavy atom. The molecule has 1 atom stereocenters. The van der Waals surface area contributed by atoms with Gasteiger partial charge in [0.15, 0.2) is 5.69 Å². The molecular weight excluding hydrogens is 336 g/mol. The first-order chi connectivity index (χ1) is 12.1. The molecule has 1 N–H and O–H groups in total. The van der Waals surface area contributed by atoms with Gasteiger partial charge in [0.1, 0.15) is 5.75 Å². The molecule has 0 fully saturated rings. The fourth-order valence-corrected chi connectivity index (χ4v) is 3.19. The third-order valence-corrected chi connectivity index (χ3v) is 4.51. The molecule has 0 bridgehead atoms. The molecule has 0 unspecified atom stereocenters. The largest absolute Gasteiger partial charge is 0.497 e. The Hall–Kier alpha value is -2.67. The highest BCUT2D eigenvalue weighted by atomic mass is 32.1. The van der Waals surface area contributed by atoms with Gasteiger partial charge in [-0.25, -0.2) is 4.68 Å². The number of nitrogens with zero attached hydrogens (tertiary/aromatic N) is 3. The second kappa shape index (κ2) is 7.94. The first-order valence-electron chi connectivity index (χ1n) is 7.99. The zero-order chi connectivity index (χ0) is 17.6. The minimum absolute atomic E-state index is 0.0360. The Labute approximate surface area is 150 Å². The van der Waals surface area contributed by atoms with Gasteiger partial charge in [-0.15, -0.1) is 5.10 Å². The van der Waals surface area contributed by atoms with Crippen LogP contribution in [0.1, 0.15) is 28.5 Å². The summed E-state index contributed by atoms with van der Waals surface area (Å²) in [7, 11) is 1.64. The average Bonchev–Trinajstić information content (AvgIpc) is 3.27. The van der Waals surface area contributed by atoms with Gasteiger partial charge in [0.05, 0.1) is 19.9 Å². The van der Waals surface area contributed by atoms with E-state index in [4.69, 9.17) is 4.74 Å². The van der Waals surface area contributed by atoms with E-state index in [0.29, 0.717) is 12.2 Å². The quantitative estimate of drug-likeness (QED) is 0.707. The zero-order valence-corrected chi connectivity index (χ0v) is 15.0. The number of amides is 1. The number of carbonyl (C=O) groups excluding carboxylic acids is 1. The van der Waals surface area contributed by atoms with E-state index in [1.807, 2.05) is 36.6 Å². The van der Waals surface area contributed by atoms with Crippen LogP contribution < -0.4 is 10.1 Å². The standard InChI is InChI=1S/C18H20N4O2S/c1-13(9-15-7-8-25-12-15)19-18(23)17-11-22(21-20-17)10-14-3-5-16(24-2)6-4-14/h3-8,11-13H,9-10H2,1-2H3,(H,19,23)/t13-/m1/s1. The van der Waals surface area contributed by atoms with Crippen molar-refractivity contribution in [2.45, 2.75) is 25.9 Å². The number of carbonyl (C=O) groups is 1. The van der Waals surface area contributed by atoms with Gasteiger partial charge in [0, 0.05) is 6.04 Å². The highest BCUT2D eigenvalue weighted by molar-refractivity contribution is 7.07. The highest BCUT2D eigenvalue weighted by Gasteiger charge is 2.14. The lowest BCUT2D eigenvalue weighted by atomic mass is 10.1. The molecule has 3 aromatic rings. The summed E-state index contributed by atoms with van der Waals surface area (Å²) in [6, 6.07) is 9.82. The Bertz CT molecular complexity index is 812. The monoisotopic (exact) mass is 356 g/mol. The van der Waals surface area contributed by atoms with Gasteiger partial charge < -0.3 is 10.1 Å². The molecule has 2 heterocycles. The number of methoxy groups -OCH3 is 1. The average molecular weight is 356 g/mol. The lowest BCUT2D eigenvalue weighted by Crippen LogP contribution is -2.34. The third-order valence-electron chi connectivity index (χ3n) is 3.77. The van der Waals surface area contributed by atoms with E-state index in [-0.39, 0.29) is 11.9 Å². The van der Waals surface area contributed by atoms with E-state index in [1.54, 1.807) is 29.3 Å². The second-order valence-corrected chi connectivity index (χ2v) is 6.64. The van der Waals surface area contributed by atoms with E-state index in [1.165, 1.54) is 5.56 Å². The smallest absolute Gasteiger partial charge is 0.273 e. The fourth-order valence-electron chi connectivity index (χ4n) is 2.51. The predicted octanol–water partition coefficient (Wildman–Crippen LogP) is 2.76. The number of thiophene rings is 1. The first kappa shape index (κ1) is 17.2. The van der Waals surface area contributed by atoms with Crippen LogP contribution in [0.25, 0.3) is 0 Å².